The van der Waals surface area contributed by atoms with Crippen LogP contribution in [0.5, 0.6) is 0 Å². The number of nitrogens with one attached hydrogen (secondary N) is 2. The molecule has 0 bridgehead atoms. The van der Waals surface area contributed by atoms with Crippen LogP contribution in [0.1, 0.15) is 27.5 Å². The number of aliphatic hydroxyl groups is 1. The average molecular weight is 396 g/mol. The van der Waals surface area contributed by atoms with E-state index in [0.717, 1.165) is 29.8 Å². The van der Waals surface area contributed by atoms with Crippen molar-refractivity contribution in [2.45, 2.75) is 24.9 Å². The molecule has 1 aliphatic rings. The average Bonchev–Trinajstić information content (AvgIpc) is 2.61. The topological polar surface area (TPSA) is 78.4 Å². The zero-order valence-corrected chi connectivity index (χ0v) is 14.5. The Morgan fingerprint density at radius 3 is 2.18 bits per heavy atom. The van der Waals surface area contributed by atoms with Crippen molar-refractivity contribution in [2.75, 3.05) is 0 Å². The van der Waals surface area contributed by atoms with Crippen molar-refractivity contribution in [2.24, 2.45) is 5.92 Å². The van der Waals surface area contributed by atoms with E-state index in [1.165, 1.54) is 17.4 Å². The highest BCUT2D eigenvalue weighted by Gasteiger charge is 2.66. The predicted molar refractivity (Wildman–Crippen MR) is 90.8 cm³/mol. The Bertz CT molecular complexity index is 897. The number of halogens is 4. The van der Waals surface area contributed by atoms with Gasteiger partial charge in [-0.15, -0.1) is 0 Å². The van der Waals surface area contributed by atoms with Crippen molar-refractivity contribution in [3.8, 4) is 0 Å². The minimum atomic E-state index is -5.34. The SMILES string of the molecule is Cc1ccc(C(=O)[C@H]2[C@@H](c3ccc(F)cc3)NC(=O)N[C@@]2(O)C(F)(F)F)cc1. The lowest BCUT2D eigenvalue weighted by molar-refractivity contribution is -0.287. The van der Waals surface area contributed by atoms with E-state index in [9.17, 15) is 32.3 Å². The molecule has 148 valence electrons. The van der Waals surface area contributed by atoms with Crippen LogP contribution in [-0.4, -0.2) is 28.8 Å². The highest BCUT2D eigenvalue weighted by molar-refractivity contribution is 6.00. The summed E-state index contributed by atoms with van der Waals surface area (Å²) in [5.74, 6) is -3.81. The zero-order chi connectivity index (χ0) is 20.7. The maximum atomic E-state index is 13.7. The van der Waals surface area contributed by atoms with Crippen molar-refractivity contribution in [3.63, 3.8) is 0 Å². The van der Waals surface area contributed by atoms with E-state index in [4.69, 9.17) is 0 Å². The summed E-state index contributed by atoms with van der Waals surface area (Å²) in [4.78, 5) is 24.9. The van der Waals surface area contributed by atoms with Crippen LogP contribution in [0.15, 0.2) is 48.5 Å². The van der Waals surface area contributed by atoms with E-state index in [2.05, 4.69) is 5.32 Å². The van der Waals surface area contributed by atoms with Gasteiger partial charge in [0.2, 0.25) is 5.72 Å². The minimum Gasteiger partial charge on any atom is -0.363 e. The number of amides is 2. The van der Waals surface area contributed by atoms with Gasteiger partial charge < -0.3 is 15.7 Å². The van der Waals surface area contributed by atoms with Crippen molar-refractivity contribution < 1.29 is 32.3 Å². The van der Waals surface area contributed by atoms with Gasteiger partial charge in [0.25, 0.3) is 0 Å². The normalized spacial score (nSPS) is 25.0. The van der Waals surface area contributed by atoms with Crippen LogP contribution in [0, 0.1) is 18.7 Å². The summed E-state index contributed by atoms with van der Waals surface area (Å²) >= 11 is 0. The van der Waals surface area contributed by atoms with Crippen molar-refractivity contribution in [3.05, 3.63) is 71.0 Å². The molecule has 3 N–H and O–H groups in total. The Kier molecular flexibility index (Phi) is 4.88. The molecule has 0 unspecified atom stereocenters. The van der Waals surface area contributed by atoms with Gasteiger partial charge in [-0.05, 0) is 24.6 Å². The monoisotopic (exact) mass is 396 g/mol. The van der Waals surface area contributed by atoms with E-state index in [0.29, 0.717) is 0 Å². The molecule has 2 aromatic rings. The number of alkyl halides is 3. The first-order valence-corrected chi connectivity index (χ1v) is 8.27. The number of urea groups is 1. The maximum Gasteiger partial charge on any atom is 0.437 e. The van der Waals surface area contributed by atoms with Gasteiger partial charge in [-0.2, -0.15) is 13.2 Å². The van der Waals surface area contributed by atoms with Gasteiger partial charge in [0, 0.05) is 5.56 Å². The molecule has 5 nitrogen and oxygen atoms in total. The number of Topliss-reactive ketones (excluding diaryl/α,β-unsaturated/α-hetero) is 1. The molecule has 1 fully saturated rings. The zero-order valence-electron chi connectivity index (χ0n) is 14.5. The van der Waals surface area contributed by atoms with E-state index in [1.54, 1.807) is 19.1 Å². The van der Waals surface area contributed by atoms with Crippen LogP contribution in [0.4, 0.5) is 22.4 Å². The highest BCUT2D eigenvalue weighted by Crippen LogP contribution is 2.43. The Balaban J connectivity index is 2.15. The molecule has 2 aromatic carbocycles. The summed E-state index contributed by atoms with van der Waals surface area (Å²) in [6.07, 6.45) is -5.34. The number of hydrogen-bond donors (Lipinski definition) is 3. The molecule has 0 saturated carbocycles. The molecular formula is C19H16F4N2O3. The van der Waals surface area contributed by atoms with Gasteiger partial charge in [-0.25, -0.2) is 9.18 Å². The van der Waals surface area contributed by atoms with Crippen LogP contribution in [0.25, 0.3) is 0 Å². The molecule has 3 rings (SSSR count). The third-order valence-electron chi connectivity index (χ3n) is 4.65. The Hall–Kier alpha value is -2.94. The summed E-state index contributed by atoms with van der Waals surface area (Å²) in [7, 11) is 0. The standard InChI is InChI=1S/C19H16F4N2O3/c1-10-2-4-12(5-3-10)16(26)14-15(11-6-8-13(20)9-7-11)24-17(27)25-18(14,28)19(21,22)23/h2-9,14-15,28H,1H3,(H2,24,25,27)/t14-,15-,18+/m1/s1. The lowest BCUT2D eigenvalue weighted by Crippen LogP contribution is -2.72. The van der Waals surface area contributed by atoms with Crippen molar-refractivity contribution in [1.82, 2.24) is 10.6 Å². The van der Waals surface area contributed by atoms with Crippen LogP contribution in [0.2, 0.25) is 0 Å². The molecule has 0 aromatic heterocycles. The Morgan fingerprint density at radius 2 is 1.64 bits per heavy atom. The van der Waals surface area contributed by atoms with Gasteiger partial charge in [-0.1, -0.05) is 42.0 Å². The fraction of sp³-hybridized carbons (Fsp3) is 0.263. The molecule has 0 spiro atoms. The van der Waals surface area contributed by atoms with E-state index in [1.807, 2.05) is 0 Å². The van der Waals surface area contributed by atoms with Crippen LogP contribution in [0.3, 0.4) is 0 Å². The molecule has 0 aliphatic carbocycles. The number of benzene rings is 2. The van der Waals surface area contributed by atoms with E-state index < -0.39 is 41.5 Å². The second-order valence-corrected chi connectivity index (χ2v) is 6.60. The summed E-state index contributed by atoms with van der Waals surface area (Å²) in [6.45, 7) is 1.74. The van der Waals surface area contributed by atoms with Crippen LogP contribution in [-0.2, 0) is 0 Å². The molecule has 28 heavy (non-hydrogen) atoms. The van der Waals surface area contributed by atoms with Gasteiger partial charge in [-0.3, -0.25) is 4.79 Å². The molecule has 2 amide bonds. The largest absolute Gasteiger partial charge is 0.437 e. The number of carbonyl (C=O) groups excluding carboxylic acids is 2. The lowest BCUT2D eigenvalue weighted by Gasteiger charge is -2.45. The minimum absolute atomic E-state index is 0.0457. The van der Waals surface area contributed by atoms with Gasteiger partial charge >= 0.3 is 12.2 Å². The number of rotatable bonds is 3. The van der Waals surface area contributed by atoms with Gasteiger partial charge in [0.05, 0.1) is 6.04 Å². The highest BCUT2D eigenvalue weighted by atomic mass is 19.4. The third kappa shape index (κ3) is 3.45. The molecule has 1 saturated heterocycles. The number of aryl methyl sites for hydroxylation is 1. The smallest absolute Gasteiger partial charge is 0.363 e. The summed E-state index contributed by atoms with van der Waals surface area (Å²) < 4.78 is 54.4. The second kappa shape index (κ2) is 6.90. The molecule has 3 atom stereocenters. The second-order valence-electron chi connectivity index (χ2n) is 6.60. The number of hydrogen-bond acceptors (Lipinski definition) is 3. The third-order valence-corrected chi connectivity index (χ3v) is 4.65. The quantitative estimate of drug-likeness (QED) is 0.551. The number of carbonyl (C=O) groups is 2. The fourth-order valence-electron chi connectivity index (χ4n) is 3.18. The molecule has 9 heteroatoms. The van der Waals surface area contributed by atoms with Crippen LogP contribution < -0.4 is 10.6 Å². The molecular weight excluding hydrogens is 380 g/mol. The lowest BCUT2D eigenvalue weighted by atomic mass is 9.77. The first-order valence-electron chi connectivity index (χ1n) is 8.27. The molecule has 0 radical (unpaired) electrons. The maximum absolute atomic E-state index is 13.7. The fourth-order valence-corrected chi connectivity index (χ4v) is 3.18. The van der Waals surface area contributed by atoms with Gasteiger partial charge in [0.15, 0.2) is 5.78 Å². The molecule has 1 aliphatic heterocycles. The van der Waals surface area contributed by atoms with E-state index in [-0.39, 0.29) is 11.1 Å². The van der Waals surface area contributed by atoms with Crippen LogP contribution >= 0.6 is 0 Å². The molecule has 1 heterocycles. The summed E-state index contributed by atoms with van der Waals surface area (Å²) in [5.41, 5.74) is -3.04. The first-order chi connectivity index (χ1) is 13.0. The predicted octanol–water partition coefficient (Wildman–Crippen LogP) is 3.24. The Morgan fingerprint density at radius 1 is 1.07 bits per heavy atom. The van der Waals surface area contributed by atoms with Crippen molar-refractivity contribution in [1.29, 1.82) is 0 Å². The van der Waals surface area contributed by atoms with E-state index >= 15 is 0 Å². The number of ketones is 1. The first kappa shape index (κ1) is 19.8. The van der Waals surface area contributed by atoms with Crippen molar-refractivity contribution >= 4 is 11.8 Å². The Labute approximate surface area is 157 Å². The summed E-state index contributed by atoms with van der Waals surface area (Å²) in [5, 5.41) is 14.1. The summed E-state index contributed by atoms with van der Waals surface area (Å²) in [6, 6.07) is 7.21. The van der Waals surface area contributed by atoms with Gasteiger partial charge in [0.1, 0.15) is 11.7 Å².